The number of carboxylic acid groups (broad SMARTS) is 1. The molecule has 0 amide bonds. The molecule has 14 heavy (non-hydrogen) atoms. The Morgan fingerprint density at radius 1 is 1.50 bits per heavy atom. The Kier molecular flexibility index (Phi) is 3.51. The fourth-order valence-electron chi connectivity index (χ4n) is 2.25. The van der Waals surface area contributed by atoms with Crippen LogP contribution in [0.3, 0.4) is 0 Å². The van der Waals surface area contributed by atoms with E-state index in [1.807, 2.05) is 0 Å². The average Bonchev–Trinajstić information content (AvgIpc) is 2.16. The van der Waals surface area contributed by atoms with Crippen molar-refractivity contribution in [2.45, 2.75) is 33.1 Å². The van der Waals surface area contributed by atoms with Crippen molar-refractivity contribution in [2.75, 3.05) is 0 Å². The van der Waals surface area contributed by atoms with Crippen molar-refractivity contribution >= 4 is 5.97 Å². The van der Waals surface area contributed by atoms with Crippen molar-refractivity contribution in [3.63, 3.8) is 0 Å². The molecule has 78 valence electrons. The van der Waals surface area contributed by atoms with Crippen LogP contribution in [-0.2, 0) is 4.79 Å². The van der Waals surface area contributed by atoms with Crippen LogP contribution in [0.2, 0.25) is 0 Å². The Bertz CT molecular complexity index is 255. The van der Waals surface area contributed by atoms with E-state index in [2.05, 4.69) is 19.9 Å². The van der Waals surface area contributed by atoms with E-state index >= 15 is 0 Å². The average molecular weight is 195 g/mol. The lowest BCUT2D eigenvalue weighted by Crippen LogP contribution is -2.31. The molecule has 0 bridgehead atoms. The fourth-order valence-corrected chi connectivity index (χ4v) is 2.25. The highest BCUT2D eigenvalue weighted by molar-refractivity contribution is 5.71. The van der Waals surface area contributed by atoms with Crippen LogP contribution in [0.1, 0.15) is 33.1 Å². The summed E-state index contributed by atoms with van der Waals surface area (Å²) >= 11 is 0. The molecule has 1 aliphatic rings. The first kappa shape index (κ1) is 11.0. The summed E-state index contributed by atoms with van der Waals surface area (Å²) in [6.07, 6.45) is 2.37. The minimum Gasteiger partial charge on any atom is -0.481 e. The van der Waals surface area contributed by atoms with Crippen molar-refractivity contribution in [3.8, 4) is 6.07 Å². The van der Waals surface area contributed by atoms with Gasteiger partial charge in [-0.05, 0) is 31.1 Å². The third-order valence-electron chi connectivity index (χ3n) is 3.32. The van der Waals surface area contributed by atoms with Gasteiger partial charge in [0.15, 0.2) is 0 Å². The zero-order valence-electron chi connectivity index (χ0n) is 8.73. The van der Waals surface area contributed by atoms with Gasteiger partial charge >= 0.3 is 5.97 Å². The molecule has 0 aromatic carbocycles. The summed E-state index contributed by atoms with van der Waals surface area (Å²) in [4.78, 5) is 10.8. The third kappa shape index (κ3) is 2.25. The molecule has 1 rings (SSSR count). The molecule has 0 heterocycles. The summed E-state index contributed by atoms with van der Waals surface area (Å²) in [5.74, 6) is -0.446. The van der Waals surface area contributed by atoms with Gasteiger partial charge in [-0.3, -0.25) is 4.79 Å². The van der Waals surface area contributed by atoms with E-state index in [0.29, 0.717) is 18.3 Å². The second-order valence-electron chi connectivity index (χ2n) is 4.50. The van der Waals surface area contributed by atoms with Crippen molar-refractivity contribution < 1.29 is 9.90 Å². The van der Waals surface area contributed by atoms with Crippen LogP contribution in [0, 0.1) is 35.0 Å². The van der Waals surface area contributed by atoms with E-state index in [-0.39, 0.29) is 5.92 Å². The quantitative estimate of drug-likeness (QED) is 0.735. The zero-order chi connectivity index (χ0) is 10.7. The normalized spacial score (nSPS) is 32.6. The lowest BCUT2D eigenvalue weighted by molar-refractivity contribution is -0.144. The van der Waals surface area contributed by atoms with Crippen molar-refractivity contribution in [3.05, 3.63) is 0 Å². The molecule has 3 atom stereocenters. The molecule has 0 aromatic rings. The lowest BCUT2D eigenvalue weighted by atomic mass is 9.71. The van der Waals surface area contributed by atoms with E-state index in [1.54, 1.807) is 0 Å². The van der Waals surface area contributed by atoms with Gasteiger partial charge in [0, 0.05) is 0 Å². The number of nitriles is 1. The van der Waals surface area contributed by atoms with Gasteiger partial charge in [0.25, 0.3) is 0 Å². The Morgan fingerprint density at radius 3 is 2.57 bits per heavy atom. The highest BCUT2D eigenvalue weighted by Crippen LogP contribution is 2.37. The standard InChI is InChI=1S/C11H17NO2/c1-7(2)8-3-4-10(11(13)14)9(5-8)6-12/h7-10H,3-5H2,1-2H3,(H,13,14). The molecule has 1 N–H and O–H groups in total. The number of aliphatic carboxylic acids is 1. The summed E-state index contributed by atoms with van der Waals surface area (Å²) < 4.78 is 0. The predicted molar refractivity (Wildman–Crippen MR) is 52.4 cm³/mol. The molecule has 3 heteroatoms. The summed E-state index contributed by atoms with van der Waals surface area (Å²) in [6.45, 7) is 4.28. The molecule has 3 unspecified atom stereocenters. The summed E-state index contributed by atoms with van der Waals surface area (Å²) in [6, 6.07) is 2.14. The Balaban J connectivity index is 2.65. The molecule has 0 spiro atoms. The van der Waals surface area contributed by atoms with Crippen LogP contribution in [0.4, 0.5) is 0 Å². The summed E-state index contributed by atoms with van der Waals surface area (Å²) in [5, 5.41) is 17.8. The number of nitrogens with zero attached hydrogens (tertiary/aromatic N) is 1. The first-order valence-electron chi connectivity index (χ1n) is 5.18. The molecule has 1 fully saturated rings. The molecule has 3 nitrogen and oxygen atoms in total. The van der Waals surface area contributed by atoms with Gasteiger partial charge in [-0.2, -0.15) is 5.26 Å². The second-order valence-corrected chi connectivity index (χ2v) is 4.50. The van der Waals surface area contributed by atoms with Gasteiger partial charge in [-0.25, -0.2) is 0 Å². The molecular weight excluding hydrogens is 178 g/mol. The molecule has 1 saturated carbocycles. The fraction of sp³-hybridized carbons (Fsp3) is 0.818. The first-order chi connectivity index (χ1) is 6.56. The Hall–Kier alpha value is -1.04. The maximum Gasteiger partial charge on any atom is 0.307 e. The molecular formula is C11H17NO2. The number of rotatable bonds is 2. The SMILES string of the molecule is CC(C)C1CCC(C(=O)O)C(C#N)C1. The molecule has 0 saturated heterocycles. The monoisotopic (exact) mass is 195 g/mol. The van der Waals surface area contributed by atoms with Crippen LogP contribution in [0.15, 0.2) is 0 Å². The smallest absolute Gasteiger partial charge is 0.307 e. The largest absolute Gasteiger partial charge is 0.481 e. The van der Waals surface area contributed by atoms with Gasteiger partial charge in [0.1, 0.15) is 0 Å². The van der Waals surface area contributed by atoms with Crippen LogP contribution in [-0.4, -0.2) is 11.1 Å². The Labute approximate surface area is 84.7 Å². The van der Waals surface area contributed by atoms with Crippen LogP contribution >= 0.6 is 0 Å². The lowest BCUT2D eigenvalue weighted by Gasteiger charge is -2.32. The number of carboxylic acids is 1. The highest BCUT2D eigenvalue weighted by Gasteiger charge is 2.35. The van der Waals surface area contributed by atoms with E-state index in [4.69, 9.17) is 10.4 Å². The number of hydrogen-bond donors (Lipinski definition) is 1. The van der Waals surface area contributed by atoms with Crippen molar-refractivity contribution in [1.29, 1.82) is 5.26 Å². The van der Waals surface area contributed by atoms with Crippen LogP contribution in [0.5, 0.6) is 0 Å². The highest BCUT2D eigenvalue weighted by atomic mass is 16.4. The van der Waals surface area contributed by atoms with E-state index in [0.717, 1.165) is 12.8 Å². The maximum absolute atomic E-state index is 10.8. The topological polar surface area (TPSA) is 61.1 Å². The van der Waals surface area contributed by atoms with Crippen LogP contribution < -0.4 is 0 Å². The van der Waals surface area contributed by atoms with E-state index in [1.165, 1.54) is 0 Å². The van der Waals surface area contributed by atoms with E-state index < -0.39 is 11.9 Å². The predicted octanol–water partition coefficient (Wildman–Crippen LogP) is 2.28. The minimum absolute atomic E-state index is 0.284. The van der Waals surface area contributed by atoms with Crippen molar-refractivity contribution in [1.82, 2.24) is 0 Å². The molecule has 0 aromatic heterocycles. The number of hydrogen-bond acceptors (Lipinski definition) is 2. The number of carbonyl (C=O) groups is 1. The van der Waals surface area contributed by atoms with Gasteiger partial charge in [0.05, 0.1) is 17.9 Å². The maximum atomic E-state index is 10.8. The molecule has 0 aliphatic heterocycles. The van der Waals surface area contributed by atoms with Gasteiger partial charge < -0.3 is 5.11 Å². The van der Waals surface area contributed by atoms with Gasteiger partial charge in [0.2, 0.25) is 0 Å². The first-order valence-corrected chi connectivity index (χ1v) is 5.18. The molecule has 1 aliphatic carbocycles. The zero-order valence-corrected chi connectivity index (χ0v) is 8.73. The van der Waals surface area contributed by atoms with Gasteiger partial charge in [-0.15, -0.1) is 0 Å². The minimum atomic E-state index is -0.807. The summed E-state index contributed by atoms with van der Waals surface area (Å²) in [5.41, 5.74) is 0. The van der Waals surface area contributed by atoms with Crippen LogP contribution in [0.25, 0.3) is 0 Å². The second kappa shape index (κ2) is 4.45. The summed E-state index contributed by atoms with van der Waals surface area (Å²) in [7, 11) is 0. The third-order valence-corrected chi connectivity index (χ3v) is 3.32. The van der Waals surface area contributed by atoms with E-state index in [9.17, 15) is 4.79 Å². The van der Waals surface area contributed by atoms with Gasteiger partial charge in [-0.1, -0.05) is 13.8 Å². The Morgan fingerprint density at radius 2 is 2.14 bits per heavy atom. The molecule has 0 radical (unpaired) electrons. The van der Waals surface area contributed by atoms with Crippen molar-refractivity contribution in [2.24, 2.45) is 23.7 Å².